The van der Waals surface area contributed by atoms with Crippen molar-refractivity contribution >= 4 is 17.7 Å². The number of nitrogens with one attached hydrogen (secondary N) is 1. The molecule has 1 saturated heterocycles. The van der Waals surface area contributed by atoms with Crippen molar-refractivity contribution in [3.05, 3.63) is 35.6 Å². The largest absolute Gasteiger partial charge is 0.355 e. The summed E-state index contributed by atoms with van der Waals surface area (Å²) in [6.45, 7) is 5.72. The van der Waals surface area contributed by atoms with Crippen LogP contribution in [0, 0.1) is 11.7 Å². The van der Waals surface area contributed by atoms with Gasteiger partial charge in [0.05, 0.1) is 6.54 Å². The third kappa shape index (κ3) is 5.03. The van der Waals surface area contributed by atoms with E-state index in [0.29, 0.717) is 44.6 Å². The van der Waals surface area contributed by atoms with Gasteiger partial charge in [0.2, 0.25) is 11.8 Å². The number of carbonyl (C=O) groups excluding carboxylic acids is 3. The molecule has 26 heavy (non-hydrogen) atoms. The van der Waals surface area contributed by atoms with Gasteiger partial charge in [-0.15, -0.1) is 0 Å². The van der Waals surface area contributed by atoms with Crippen molar-refractivity contribution < 1.29 is 18.8 Å². The fraction of sp³-hybridized carbons (Fsp3) is 0.526. The van der Waals surface area contributed by atoms with Crippen LogP contribution in [0.3, 0.4) is 0 Å². The number of hydrogen-bond acceptors (Lipinski definition) is 3. The average Bonchev–Trinajstić information content (AvgIpc) is 2.66. The number of carbonyl (C=O) groups is 3. The second-order valence-electron chi connectivity index (χ2n) is 6.38. The fourth-order valence-electron chi connectivity index (χ4n) is 3.13. The molecule has 1 aliphatic heterocycles. The molecule has 1 aromatic rings. The molecule has 0 spiro atoms. The molecule has 1 heterocycles. The van der Waals surface area contributed by atoms with Crippen molar-refractivity contribution in [2.75, 3.05) is 32.7 Å². The Morgan fingerprint density at radius 1 is 1.15 bits per heavy atom. The Hall–Kier alpha value is -2.44. The lowest BCUT2D eigenvalue weighted by Gasteiger charge is -2.34. The van der Waals surface area contributed by atoms with Crippen molar-refractivity contribution in [1.82, 2.24) is 15.1 Å². The van der Waals surface area contributed by atoms with Crippen LogP contribution in [0.1, 0.15) is 37.0 Å². The van der Waals surface area contributed by atoms with Gasteiger partial charge in [-0.25, -0.2) is 4.39 Å². The van der Waals surface area contributed by atoms with Crippen molar-refractivity contribution in [2.45, 2.75) is 26.7 Å². The van der Waals surface area contributed by atoms with E-state index in [4.69, 9.17) is 0 Å². The Bertz CT molecular complexity index is 640. The molecular weight excluding hydrogens is 337 g/mol. The highest BCUT2D eigenvalue weighted by atomic mass is 19.1. The Balaban J connectivity index is 1.90. The fourth-order valence-corrected chi connectivity index (χ4v) is 3.13. The number of halogens is 1. The van der Waals surface area contributed by atoms with Crippen LogP contribution in [-0.2, 0) is 9.59 Å². The molecular formula is C19H26FN3O3. The summed E-state index contributed by atoms with van der Waals surface area (Å²) in [6.07, 6.45) is 1.13. The van der Waals surface area contributed by atoms with Crippen LogP contribution >= 0.6 is 0 Å². The standard InChI is InChI=1S/C19H26FN3O3/c1-3-21-17(24)13-22(4-2)18(25)15-9-11-23(12-10-15)19(26)14-5-7-16(20)8-6-14/h5-8,15H,3-4,9-13H2,1-2H3,(H,21,24). The normalized spacial score (nSPS) is 14.8. The van der Waals surface area contributed by atoms with Crippen molar-refractivity contribution in [3.8, 4) is 0 Å². The number of hydrogen-bond donors (Lipinski definition) is 1. The van der Waals surface area contributed by atoms with Crippen LogP contribution < -0.4 is 5.32 Å². The Morgan fingerprint density at radius 2 is 1.77 bits per heavy atom. The van der Waals surface area contributed by atoms with E-state index in [0.717, 1.165) is 0 Å². The summed E-state index contributed by atoms with van der Waals surface area (Å²) in [5.74, 6) is -0.899. The maximum absolute atomic E-state index is 13.0. The van der Waals surface area contributed by atoms with E-state index in [2.05, 4.69) is 5.32 Å². The third-order valence-corrected chi connectivity index (χ3v) is 4.62. The summed E-state index contributed by atoms with van der Waals surface area (Å²) in [7, 11) is 0. The molecule has 2 rings (SSSR count). The summed E-state index contributed by atoms with van der Waals surface area (Å²) in [6, 6.07) is 5.48. The van der Waals surface area contributed by atoms with Crippen LogP contribution in [-0.4, -0.2) is 60.2 Å². The smallest absolute Gasteiger partial charge is 0.253 e. The summed E-state index contributed by atoms with van der Waals surface area (Å²) in [5.41, 5.74) is 0.447. The summed E-state index contributed by atoms with van der Waals surface area (Å²) in [4.78, 5) is 40.1. The highest BCUT2D eigenvalue weighted by molar-refractivity contribution is 5.94. The van der Waals surface area contributed by atoms with Gasteiger partial charge < -0.3 is 15.1 Å². The van der Waals surface area contributed by atoms with Gasteiger partial charge in [0, 0.05) is 37.7 Å². The number of amides is 3. The Morgan fingerprint density at radius 3 is 2.31 bits per heavy atom. The van der Waals surface area contributed by atoms with Crippen molar-refractivity contribution in [3.63, 3.8) is 0 Å². The van der Waals surface area contributed by atoms with E-state index >= 15 is 0 Å². The van der Waals surface area contributed by atoms with E-state index < -0.39 is 0 Å². The molecule has 0 radical (unpaired) electrons. The van der Waals surface area contributed by atoms with Crippen LogP contribution in [0.5, 0.6) is 0 Å². The molecule has 0 bridgehead atoms. The van der Waals surface area contributed by atoms with Gasteiger partial charge in [-0.3, -0.25) is 14.4 Å². The van der Waals surface area contributed by atoms with Crippen molar-refractivity contribution in [1.29, 1.82) is 0 Å². The highest BCUT2D eigenvalue weighted by Crippen LogP contribution is 2.21. The molecule has 0 aliphatic carbocycles. The van der Waals surface area contributed by atoms with E-state index in [9.17, 15) is 18.8 Å². The van der Waals surface area contributed by atoms with Crippen LogP contribution in [0.15, 0.2) is 24.3 Å². The van der Waals surface area contributed by atoms with Gasteiger partial charge in [0.1, 0.15) is 5.82 Å². The van der Waals surface area contributed by atoms with Gasteiger partial charge >= 0.3 is 0 Å². The number of piperidine rings is 1. The Labute approximate surface area is 153 Å². The van der Waals surface area contributed by atoms with Crippen LogP contribution in [0.4, 0.5) is 4.39 Å². The topological polar surface area (TPSA) is 69.7 Å². The summed E-state index contributed by atoms with van der Waals surface area (Å²) >= 11 is 0. The monoisotopic (exact) mass is 363 g/mol. The molecule has 1 fully saturated rings. The highest BCUT2D eigenvalue weighted by Gasteiger charge is 2.30. The number of likely N-dealkylation sites (N-methyl/N-ethyl adjacent to an activating group) is 2. The molecule has 1 aromatic carbocycles. The lowest BCUT2D eigenvalue weighted by atomic mass is 9.94. The van der Waals surface area contributed by atoms with Gasteiger partial charge in [-0.1, -0.05) is 0 Å². The molecule has 0 unspecified atom stereocenters. The number of rotatable bonds is 6. The van der Waals surface area contributed by atoms with Gasteiger partial charge in [-0.2, -0.15) is 0 Å². The SMILES string of the molecule is CCNC(=O)CN(CC)C(=O)C1CCN(C(=O)c2ccc(F)cc2)CC1. The molecule has 142 valence electrons. The van der Waals surface area contributed by atoms with Crippen LogP contribution in [0.2, 0.25) is 0 Å². The molecule has 0 saturated carbocycles. The van der Waals surface area contributed by atoms with E-state index in [1.54, 1.807) is 9.80 Å². The van der Waals surface area contributed by atoms with Gasteiger partial charge in [-0.05, 0) is 51.0 Å². The molecule has 0 aromatic heterocycles. The lowest BCUT2D eigenvalue weighted by Crippen LogP contribution is -2.47. The second kappa shape index (κ2) is 9.31. The first kappa shape index (κ1) is 19.9. The minimum Gasteiger partial charge on any atom is -0.355 e. The first-order valence-corrected chi connectivity index (χ1v) is 9.06. The number of likely N-dealkylation sites (tertiary alicyclic amines) is 1. The zero-order valence-electron chi connectivity index (χ0n) is 15.3. The minimum absolute atomic E-state index is 0.0346. The molecule has 3 amide bonds. The van der Waals surface area contributed by atoms with E-state index in [1.807, 2.05) is 13.8 Å². The minimum atomic E-state index is -0.377. The molecule has 0 atom stereocenters. The first-order valence-electron chi connectivity index (χ1n) is 9.06. The molecule has 7 heteroatoms. The first-order chi connectivity index (χ1) is 12.5. The number of benzene rings is 1. The van der Waals surface area contributed by atoms with Crippen molar-refractivity contribution in [2.24, 2.45) is 5.92 Å². The maximum atomic E-state index is 13.0. The predicted molar refractivity (Wildman–Crippen MR) is 96.0 cm³/mol. The second-order valence-corrected chi connectivity index (χ2v) is 6.38. The zero-order valence-corrected chi connectivity index (χ0v) is 15.3. The van der Waals surface area contributed by atoms with Gasteiger partial charge in [0.15, 0.2) is 0 Å². The van der Waals surface area contributed by atoms with Crippen LogP contribution in [0.25, 0.3) is 0 Å². The molecule has 1 aliphatic rings. The molecule has 6 nitrogen and oxygen atoms in total. The Kier molecular flexibility index (Phi) is 7.12. The average molecular weight is 363 g/mol. The van der Waals surface area contributed by atoms with E-state index in [1.165, 1.54) is 24.3 Å². The quantitative estimate of drug-likeness (QED) is 0.836. The van der Waals surface area contributed by atoms with Gasteiger partial charge in [0.25, 0.3) is 5.91 Å². The third-order valence-electron chi connectivity index (χ3n) is 4.62. The predicted octanol–water partition coefficient (Wildman–Crippen LogP) is 1.66. The number of nitrogens with zero attached hydrogens (tertiary/aromatic N) is 2. The molecule has 1 N–H and O–H groups in total. The zero-order chi connectivity index (χ0) is 19.1. The maximum Gasteiger partial charge on any atom is 0.253 e. The lowest BCUT2D eigenvalue weighted by molar-refractivity contribution is -0.140. The summed E-state index contributed by atoms with van der Waals surface area (Å²) in [5, 5.41) is 2.70. The van der Waals surface area contributed by atoms with E-state index in [-0.39, 0.29) is 36.0 Å². The summed E-state index contributed by atoms with van der Waals surface area (Å²) < 4.78 is 13.0.